The summed E-state index contributed by atoms with van der Waals surface area (Å²) in [7, 11) is 0. The number of aryl methyl sites for hydroxylation is 1. The first-order chi connectivity index (χ1) is 10.2. The minimum absolute atomic E-state index is 0.0456. The Bertz CT molecular complexity index is 472. The number of hydrogen-bond donors (Lipinski definition) is 2. The lowest BCUT2D eigenvalue weighted by Crippen LogP contribution is -2.43. The molecule has 5 heteroatoms. The normalized spacial score (nSPS) is 17.4. The Morgan fingerprint density at radius 2 is 2.05 bits per heavy atom. The Kier molecular flexibility index (Phi) is 5.70. The summed E-state index contributed by atoms with van der Waals surface area (Å²) >= 11 is 0. The van der Waals surface area contributed by atoms with E-state index in [0.717, 1.165) is 12.8 Å². The highest BCUT2D eigenvalue weighted by Crippen LogP contribution is 2.28. The van der Waals surface area contributed by atoms with Gasteiger partial charge in [-0.2, -0.15) is 0 Å². The zero-order valence-electron chi connectivity index (χ0n) is 12.1. The van der Waals surface area contributed by atoms with Gasteiger partial charge in [0.1, 0.15) is 5.82 Å². The molecule has 0 unspecified atom stereocenters. The molecule has 0 aliphatic carbocycles. The molecular weight excluding hydrogens is 273 g/mol. The van der Waals surface area contributed by atoms with Gasteiger partial charge in [-0.05, 0) is 30.9 Å². The third-order valence-corrected chi connectivity index (χ3v) is 4.13. The lowest BCUT2D eigenvalue weighted by Gasteiger charge is -2.35. The van der Waals surface area contributed by atoms with E-state index in [1.165, 1.54) is 6.07 Å². The summed E-state index contributed by atoms with van der Waals surface area (Å²) in [6, 6.07) is 6.49. The van der Waals surface area contributed by atoms with Gasteiger partial charge in [-0.3, -0.25) is 4.79 Å². The van der Waals surface area contributed by atoms with E-state index in [9.17, 15) is 14.3 Å². The quantitative estimate of drug-likeness (QED) is 0.839. The Morgan fingerprint density at radius 3 is 2.71 bits per heavy atom. The molecule has 1 aromatic carbocycles. The van der Waals surface area contributed by atoms with E-state index in [-0.39, 0.29) is 30.2 Å². The number of aliphatic hydroxyl groups is 1. The van der Waals surface area contributed by atoms with Crippen LogP contribution in [0.1, 0.15) is 24.8 Å². The summed E-state index contributed by atoms with van der Waals surface area (Å²) in [6.45, 7) is 1.73. The molecule has 116 valence electrons. The van der Waals surface area contributed by atoms with Gasteiger partial charge in [0, 0.05) is 31.6 Å². The zero-order valence-corrected chi connectivity index (χ0v) is 12.1. The number of benzene rings is 1. The molecule has 0 saturated carbocycles. The maximum Gasteiger partial charge on any atom is 0.220 e. The van der Waals surface area contributed by atoms with Crippen LogP contribution in [-0.2, 0) is 16.0 Å². The number of amides is 1. The molecule has 0 aromatic heterocycles. The van der Waals surface area contributed by atoms with E-state index in [2.05, 4.69) is 5.32 Å². The van der Waals surface area contributed by atoms with Crippen LogP contribution in [0.3, 0.4) is 0 Å². The average Bonchev–Trinajstić information content (AvgIpc) is 2.53. The van der Waals surface area contributed by atoms with Gasteiger partial charge >= 0.3 is 0 Å². The molecule has 1 aliphatic heterocycles. The van der Waals surface area contributed by atoms with Crippen LogP contribution in [0.2, 0.25) is 0 Å². The Labute approximate surface area is 124 Å². The van der Waals surface area contributed by atoms with Crippen LogP contribution < -0.4 is 5.32 Å². The van der Waals surface area contributed by atoms with Crippen molar-refractivity contribution in [1.29, 1.82) is 0 Å². The summed E-state index contributed by atoms with van der Waals surface area (Å²) in [4.78, 5) is 11.9. The lowest BCUT2D eigenvalue weighted by atomic mass is 9.81. The predicted molar refractivity (Wildman–Crippen MR) is 77.3 cm³/mol. The Morgan fingerprint density at radius 1 is 1.33 bits per heavy atom. The minimum atomic E-state index is -0.276. The van der Waals surface area contributed by atoms with E-state index in [1.54, 1.807) is 18.2 Å². The number of nitrogens with one attached hydrogen (secondary N) is 1. The minimum Gasteiger partial charge on any atom is -0.396 e. The first-order valence-electron chi connectivity index (χ1n) is 7.34. The van der Waals surface area contributed by atoms with Crippen LogP contribution in [0, 0.1) is 11.2 Å². The van der Waals surface area contributed by atoms with Gasteiger partial charge in [-0.15, -0.1) is 0 Å². The fourth-order valence-corrected chi connectivity index (χ4v) is 2.52. The molecular formula is C16H22FNO3. The summed E-state index contributed by atoms with van der Waals surface area (Å²) in [5.74, 6) is -0.390. The van der Waals surface area contributed by atoms with Crippen LogP contribution in [0.25, 0.3) is 0 Å². The van der Waals surface area contributed by atoms with Gasteiger partial charge in [-0.1, -0.05) is 18.2 Å². The second-order valence-electron chi connectivity index (χ2n) is 5.64. The van der Waals surface area contributed by atoms with E-state index in [0.29, 0.717) is 31.7 Å². The smallest absolute Gasteiger partial charge is 0.220 e. The van der Waals surface area contributed by atoms with E-state index < -0.39 is 0 Å². The van der Waals surface area contributed by atoms with Crippen molar-refractivity contribution < 1.29 is 19.0 Å². The lowest BCUT2D eigenvalue weighted by molar-refractivity contribution is -0.122. The molecule has 21 heavy (non-hydrogen) atoms. The monoisotopic (exact) mass is 295 g/mol. The van der Waals surface area contributed by atoms with Gasteiger partial charge in [-0.25, -0.2) is 4.39 Å². The van der Waals surface area contributed by atoms with Crippen molar-refractivity contribution in [3.8, 4) is 0 Å². The van der Waals surface area contributed by atoms with Gasteiger partial charge in [0.25, 0.3) is 0 Å². The van der Waals surface area contributed by atoms with Crippen LogP contribution in [-0.4, -0.2) is 37.4 Å². The summed E-state index contributed by atoms with van der Waals surface area (Å²) in [6.07, 6.45) is 2.13. The first kappa shape index (κ1) is 15.9. The van der Waals surface area contributed by atoms with Crippen LogP contribution in [0.5, 0.6) is 0 Å². The molecule has 0 radical (unpaired) electrons. The SMILES string of the molecule is O=C(CCc1ccccc1F)NCC1(CO)CCOCC1. The molecule has 1 amide bonds. The number of aliphatic hydroxyl groups excluding tert-OH is 1. The van der Waals surface area contributed by atoms with Crippen LogP contribution >= 0.6 is 0 Å². The second-order valence-corrected chi connectivity index (χ2v) is 5.64. The van der Waals surface area contributed by atoms with Crippen molar-refractivity contribution in [3.63, 3.8) is 0 Å². The molecule has 4 nitrogen and oxygen atoms in total. The van der Waals surface area contributed by atoms with Crippen molar-refractivity contribution in [2.24, 2.45) is 5.41 Å². The second kappa shape index (κ2) is 7.52. The maximum atomic E-state index is 13.5. The summed E-state index contributed by atoms with van der Waals surface area (Å²) in [5, 5.41) is 12.4. The van der Waals surface area contributed by atoms with Crippen molar-refractivity contribution in [1.82, 2.24) is 5.32 Å². The fraction of sp³-hybridized carbons (Fsp3) is 0.562. The van der Waals surface area contributed by atoms with Gasteiger partial charge in [0.2, 0.25) is 5.91 Å². The van der Waals surface area contributed by atoms with E-state index in [1.807, 2.05) is 0 Å². The summed E-state index contributed by atoms with van der Waals surface area (Å²) in [5.41, 5.74) is 0.280. The molecule has 0 bridgehead atoms. The van der Waals surface area contributed by atoms with Crippen LogP contribution in [0.4, 0.5) is 4.39 Å². The first-order valence-corrected chi connectivity index (χ1v) is 7.34. The highest BCUT2D eigenvalue weighted by Gasteiger charge is 2.32. The highest BCUT2D eigenvalue weighted by molar-refractivity contribution is 5.76. The standard InChI is InChI=1S/C16H22FNO3/c17-14-4-2-1-3-13(14)5-6-15(20)18-11-16(12-19)7-9-21-10-8-16/h1-4,19H,5-12H2,(H,18,20). The van der Waals surface area contributed by atoms with E-state index in [4.69, 9.17) is 4.74 Å². The highest BCUT2D eigenvalue weighted by atomic mass is 19.1. The van der Waals surface area contributed by atoms with Crippen molar-refractivity contribution in [3.05, 3.63) is 35.6 Å². The van der Waals surface area contributed by atoms with Gasteiger partial charge in [0.15, 0.2) is 0 Å². The average molecular weight is 295 g/mol. The maximum absolute atomic E-state index is 13.5. The van der Waals surface area contributed by atoms with Gasteiger partial charge in [0.05, 0.1) is 6.61 Å². The van der Waals surface area contributed by atoms with Crippen molar-refractivity contribution in [2.45, 2.75) is 25.7 Å². The molecule has 0 spiro atoms. The molecule has 1 saturated heterocycles. The predicted octanol–water partition coefficient (Wildman–Crippen LogP) is 1.66. The Hall–Kier alpha value is -1.46. The van der Waals surface area contributed by atoms with Crippen LogP contribution in [0.15, 0.2) is 24.3 Å². The molecule has 1 aliphatic rings. The Balaban J connectivity index is 1.78. The third-order valence-electron chi connectivity index (χ3n) is 4.13. The number of ether oxygens (including phenoxy) is 1. The molecule has 1 heterocycles. The molecule has 2 N–H and O–H groups in total. The number of carbonyl (C=O) groups excluding carboxylic acids is 1. The molecule has 2 rings (SSSR count). The van der Waals surface area contributed by atoms with Crippen molar-refractivity contribution in [2.75, 3.05) is 26.4 Å². The number of hydrogen-bond acceptors (Lipinski definition) is 3. The zero-order chi connectivity index (χ0) is 15.1. The number of carbonyl (C=O) groups is 1. The van der Waals surface area contributed by atoms with Crippen molar-refractivity contribution >= 4 is 5.91 Å². The number of halogens is 1. The van der Waals surface area contributed by atoms with E-state index >= 15 is 0 Å². The number of rotatable bonds is 6. The fourth-order valence-electron chi connectivity index (χ4n) is 2.52. The van der Waals surface area contributed by atoms with Gasteiger partial charge < -0.3 is 15.2 Å². The summed E-state index contributed by atoms with van der Waals surface area (Å²) < 4.78 is 18.7. The molecule has 1 aromatic rings. The molecule has 1 fully saturated rings. The molecule has 0 atom stereocenters. The topological polar surface area (TPSA) is 58.6 Å². The largest absolute Gasteiger partial charge is 0.396 e. The third kappa shape index (κ3) is 4.51.